The maximum Gasteiger partial charge on any atom is 0.151 e. The highest BCUT2D eigenvalue weighted by Gasteiger charge is 2.25. The van der Waals surface area contributed by atoms with Crippen molar-refractivity contribution in [1.82, 2.24) is 15.2 Å². The molecular weight excluding hydrogens is 240 g/mol. The SMILES string of the molecule is OCCC1CCCN1c1ccc(-c2cc[nH]c2)nn1. The van der Waals surface area contributed by atoms with Gasteiger partial charge in [0.1, 0.15) is 0 Å². The van der Waals surface area contributed by atoms with E-state index in [0.29, 0.717) is 6.04 Å². The third kappa shape index (κ3) is 2.46. The average molecular weight is 258 g/mol. The Bertz CT molecular complexity index is 509. The number of aromatic amines is 1. The van der Waals surface area contributed by atoms with Crippen molar-refractivity contribution in [1.29, 1.82) is 0 Å². The predicted octanol–water partition coefficient (Wildman–Crippen LogP) is 1.82. The molecular formula is C14H18N4O. The Kier molecular flexibility index (Phi) is 3.46. The summed E-state index contributed by atoms with van der Waals surface area (Å²) in [6, 6.07) is 6.40. The van der Waals surface area contributed by atoms with Crippen LogP contribution in [0, 0.1) is 0 Å². The maximum absolute atomic E-state index is 9.09. The van der Waals surface area contributed by atoms with Crippen molar-refractivity contribution in [2.45, 2.75) is 25.3 Å². The molecule has 0 spiro atoms. The Morgan fingerprint density at radius 1 is 1.32 bits per heavy atom. The zero-order chi connectivity index (χ0) is 13.1. The molecule has 1 atom stereocenters. The van der Waals surface area contributed by atoms with Crippen molar-refractivity contribution >= 4 is 5.82 Å². The van der Waals surface area contributed by atoms with E-state index in [-0.39, 0.29) is 6.61 Å². The molecule has 1 unspecified atom stereocenters. The summed E-state index contributed by atoms with van der Waals surface area (Å²) in [6.45, 7) is 1.23. The van der Waals surface area contributed by atoms with Crippen LogP contribution in [0.4, 0.5) is 5.82 Å². The second kappa shape index (κ2) is 5.40. The fraction of sp³-hybridized carbons (Fsp3) is 0.429. The van der Waals surface area contributed by atoms with Gasteiger partial charge in [0.2, 0.25) is 0 Å². The van der Waals surface area contributed by atoms with Crippen LogP contribution in [0.5, 0.6) is 0 Å². The van der Waals surface area contributed by atoms with Crippen LogP contribution in [0.15, 0.2) is 30.6 Å². The van der Waals surface area contributed by atoms with Crippen LogP contribution >= 0.6 is 0 Å². The van der Waals surface area contributed by atoms with Gasteiger partial charge >= 0.3 is 0 Å². The molecule has 19 heavy (non-hydrogen) atoms. The number of nitrogens with zero attached hydrogens (tertiary/aromatic N) is 3. The molecule has 0 radical (unpaired) electrons. The first-order chi connectivity index (χ1) is 9.38. The molecule has 0 saturated carbocycles. The number of H-pyrrole nitrogens is 1. The Morgan fingerprint density at radius 2 is 2.26 bits per heavy atom. The van der Waals surface area contributed by atoms with E-state index in [0.717, 1.165) is 42.9 Å². The quantitative estimate of drug-likeness (QED) is 0.878. The zero-order valence-corrected chi connectivity index (χ0v) is 10.8. The minimum atomic E-state index is 0.232. The fourth-order valence-corrected chi connectivity index (χ4v) is 2.70. The van der Waals surface area contributed by atoms with E-state index in [1.807, 2.05) is 30.6 Å². The largest absolute Gasteiger partial charge is 0.396 e. The van der Waals surface area contributed by atoms with Gasteiger partial charge in [0.05, 0.1) is 5.69 Å². The van der Waals surface area contributed by atoms with Crippen LogP contribution in [0.1, 0.15) is 19.3 Å². The standard InChI is InChI=1S/C14H18N4O/c19-9-6-12-2-1-8-18(12)14-4-3-13(16-17-14)11-5-7-15-10-11/h3-5,7,10,12,15,19H,1-2,6,8-9H2. The van der Waals surface area contributed by atoms with Crippen molar-refractivity contribution in [2.24, 2.45) is 0 Å². The number of anilines is 1. The monoisotopic (exact) mass is 258 g/mol. The van der Waals surface area contributed by atoms with Gasteiger partial charge in [0.15, 0.2) is 5.82 Å². The lowest BCUT2D eigenvalue weighted by Crippen LogP contribution is -2.30. The lowest BCUT2D eigenvalue weighted by molar-refractivity contribution is 0.275. The van der Waals surface area contributed by atoms with Crippen molar-refractivity contribution in [2.75, 3.05) is 18.1 Å². The molecule has 5 nitrogen and oxygen atoms in total. The molecule has 2 N–H and O–H groups in total. The Morgan fingerprint density at radius 3 is 2.95 bits per heavy atom. The molecule has 1 aliphatic heterocycles. The first kappa shape index (κ1) is 12.2. The van der Waals surface area contributed by atoms with Gasteiger partial charge in [-0.3, -0.25) is 0 Å². The summed E-state index contributed by atoms with van der Waals surface area (Å²) in [5.74, 6) is 0.912. The smallest absolute Gasteiger partial charge is 0.151 e. The topological polar surface area (TPSA) is 65.0 Å². The third-order valence-corrected chi connectivity index (χ3v) is 3.68. The van der Waals surface area contributed by atoms with Gasteiger partial charge in [-0.05, 0) is 37.5 Å². The summed E-state index contributed by atoms with van der Waals surface area (Å²) in [4.78, 5) is 5.27. The van der Waals surface area contributed by atoms with Crippen LogP contribution in [0.3, 0.4) is 0 Å². The maximum atomic E-state index is 9.09. The molecule has 0 amide bonds. The van der Waals surface area contributed by atoms with Gasteiger partial charge in [-0.15, -0.1) is 10.2 Å². The number of aliphatic hydroxyl groups is 1. The number of hydrogen-bond donors (Lipinski definition) is 2. The van der Waals surface area contributed by atoms with Crippen LogP contribution in [0.25, 0.3) is 11.3 Å². The molecule has 3 heterocycles. The normalized spacial score (nSPS) is 19.0. The van der Waals surface area contributed by atoms with E-state index in [1.165, 1.54) is 0 Å². The third-order valence-electron chi connectivity index (χ3n) is 3.68. The summed E-state index contributed by atoms with van der Waals surface area (Å²) in [6.07, 6.45) is 6.88. The van der Waals surface area contributed by atoms with Crippen molar-refractivity contribution in [3.63, 3.8) is 0 Å². The second-order valence-corrected chi connectivity index (χ2v) is 4.88. The minimum absolute atomic E-state index is 0.232. The van der Waals surface area contributed by atoms with E-state index in [9.17, 15) is 0 Å². The van der Waals surface area contributed by atoms with Crippen molar-refractivity contribution in [3.8, 4) is 11.3 Å². The van der Waals surface area contributed by atoms with Gasteiger partial charge < -0.3 is 15.0 Å². The highest BCUT2D eigenvalue weighted by atomic mass is 16.3. The van der Waals surface area contributed by atoms with E-state index >= 15 is 0 Å². The van der Waals surface area contributed by atoms with Gasteiger partial charge in [0, 0.05) is 37.2 Å². The summed E-state index contributed by atoms with van der Waals surface area (Å²) >= 11 is 0. The number of rotatable bonds is 4. The first-order valence-corrected chi connectivity index (χ1v) is 6.73. The minimum Gasteiger partial charge on any atom is -0.396 e. The van der Waals surface area contributed by atoms with Crippen LogP contribution < -0.4 is 4.90 Å². The van der Waals surface area contributed by atoms with E-state index < -0.39 is 0 Å². The molecule has 1 aliphatic rings. The highest BCUT2D eigenvalue weighted by molar-refractivity contribution is 5.58. The Labute approximate surface area is 112 Å². The first-order valence-electron chi connectivity index (χ1n) is 6.73. The molecule has 2 aromatic heterocycles. The molecule has 0 aromatic carbocycles. The van der Waals surface area contributed by atoms with Crippen LogP contribution in [0.2, 0.25) is 0 Å². The van der Waals surface area contributed by atoms with E-state index in [1.54, 1.807) is 0 Å². The molecule has 100 valence electrons. The van der Waals surface area contributed by atoms with Crippen LogP contribution in [-0.4, -0.2) is 39.5 Å². The second-order valence-electron chi connectivity index (χ2n) is 4.88. The number of aromatic nitrogens is 3. The fourth-order valence-electron chi connectivity index (χ4n) is 2.70. The highest BCUT2D eigenvalue weighted by Crippen LogP contribution is 2.26. The van der Waals surface area contributed by atoms with Crippen LogP contribution in [-0.2, 0) is 0 Å². The zero-order valence-electron chi connectivity index (χ0n) is 10.8. The lowest BCUT2D eigenvalue weighted by Gasteiger charge is -2.24. The molecule has 5 heteroatoms. The Hall–Kier alpha value is -1.88. The summed E-state index contributed by atoms with van der Waals surface area (Å²) in [5, 5.41) is 17.7. The summed E-state index contributed by atoms with van der Waals surface area (Å²) in [5.41, 5.74) is 1.93. The van der Waals surface area contributed by atoms with E-state index in [4.69, 9.17) is 5.11 Å². The number of hydrogen-bond acceptors (Lipinski definition) is 4. The molecule has 0 aliphatic carbocycles. The van der Waals surface area contributed by atoms with Crippen molar-refractivity contribution < 1.29 is 5.11 Å². The average Bonchev–Trinajstić information content (AvgIpc) is 3.10. The molecule has 1 saturated heterocycles. The number of nitrogens with one attached hydrogen (secondary N) is 1. The van der Waals surface area contributed by atoms with Gasteiger partial charge in [-0.25, -0.2) is 0 Å². The van der Waals surface area contributed by atoms with E-state index in [2.05, 4.69) is 20.1 Å². The van der Waals surface area contributed by atoms with Gasteiger partial charge in [0.25, 0.3) is 0 Å². The van der Waals surface area contributed by atoms with Crippen molar-refractivity contribution in [3.05, 3.63) is 30.6 Å². The molecule has 2 aromatic rings. The molecule has 1 fully saturated rings. The summed E-state index contributed by atoms with van der Waals surface area (Å²) < 4.78 is 0. The molecule has 3 rings (SSSR count). The van der Waals surface area contributed by atoms with Gasteiger partial charge in [-0.2, -0.15) is 0 Å². The lowest BCUT2D eigenvalue weighted by atomic mass is 10.1. The summed E-state index contributed by atoms with van der Waals surface area (Å²) in [7, 11) is 0. The van der Waals surface area contributed by atoms with Gasteiger partial charge in [-0.1, -0.05) is 0 Å². The number of aliphatic hydroxyl groups excluding tert-OH is 1. The Balaban J connectivity index is 1.79. The molecule has 0 bridgehead atoms. The predicted molar refractivity (Wildman–Crippen MR) is 73.9 cm³/mol.